The van der Waals surface area contributed by atoms with Gasteiger partial charge in [0.05, 0.1) is 16.7 Å². The van der Waals surface area contributed by atoms with Crippen LogP contribution in [-0.2, 0) is 7.05 Å². The van der Waals surface area contributed by atoms with Gasteiger partial charge in [-0.2, -0.15) is 0 Å². The summed E-state index contributed by atoms with van der Waals surface area (Å²) in [5.41, 5.74) is 1.29. The molecule has 0 spiro atoms. The van der Waals surface area contributed by atoms with Crippen molar-refractivity contribution in [2.45, 2.75) is 0 Å². The highest BCUT2D eigenvalue weighted by Crippen LogP contribution is 2.27. The van der Waals surface area contributed by atoms with Crippen molar-refractivity contribution in [2.24, 2.45) is 7.05 Å². The van der Waals surface area contributed by atoms with Gasteiger partial charge in [0.2, 0.25) is 0 Å². The smallest absolute Gasteiger partial charge is 0.346 e. The molecule has 0 fully saturated rings. The topological polar surface area (TPSA) is 86.2 Å². The fourth-order valence-corrected chi connectivity index (χ4v) is 4.59. The summed E-state index contributed by atoms with van der Waals surface area (Å²) in [6.07, 6.45) is 1.94. The lowest BCUT2D eigenvalue weighted by Gasteiger charge is -2.11. The van der Waals surface area contributed by atoms with Gasteiger partial charge in [-0.1, -0.05) is 24.3 Å². The molecule has 0 aliphatic heterocycles. The van der Waals surface area contributed by atoms with E-state index in [9.17, 15) is 19.5 Å². The molecular weight excluding hydrogens is 402 g/mol. The molecule has 0 saturated heterocycles. The van der Waals surface area contributed by atoms with E-state index in [0.717, 1.165) is 27.9 Å². The Bertz CT molecular complexity index is 1570. The predicted octanol–water partition coefficient (Wildman–Crippen LogP) is 3.39. The van der Waals surface area contributed by atoms with E-state index in [1.54, 1.807) is 6.07 Å². The Hall–Kier alpha value is -3.91. The molecule has 0 unspecified atom stereocenters. The van der Waals surface area contributed by atoms with Gasteiger partial charge in [0, 0.05) is 24.3 Å². The number of carboxylic acids is 1. The highest BCUT2D eigenvalue weighted by molar-refractivity contribution is 7.20. The van der Waals surface area contributed by atoms with Gasteiger partial charge in [-0.05, 0) is 36.4 Å². The third-order valence-electron chi connectivity index (χ3n) is 5.11. The number of carbonyl (C=O) groups is 1. The fourth-order valence-electron chi connectivity index (χ4n) is 3.64. The molecule has 0 aliphatic carbocycles. The summed E-state index contributed by atoms with van der Waals surface area (Å²) in [6, 6.07) is 18.7. The van der Waals surface area contributed by atoms with Crippen LogP contribution >= 0.6 is 11.3 Å². The fraction of sp³-hybridized carbons (Fsp3) is 0.0455. The summed E-state index contributed by atoms with van der Waals surface area (Å²) >= 11 is 0.968. The van der Waals surface area contributed by atoms with Crippen molar-refractivity contribution < 1.29 is 9.90 Å². The third kappa shape index (κ3) is 2.61. The molecule has 3 heterocycles. The second-order valence-electron chi connectivity index (χ2n) is 6.88. The van der Waals surface area contributed by atoms with Gasteiger partial charge in [0.15, 0.2) is 0 Å². The maximum Gasteiger partial charge on any atom is 0.346 e. The van der Waals surface area contributed by atoms with E-state index in [-0.39, 0.29) is 4.88 Å². The van der Waals surface area contributed by atoms with Crippen LogP contribution in [0.1, 0.15) is 9.67 Å². The third-order valence-corrected chi connectivity index (χ3v) is 6.30. The molecule has 0 radical (unpaired) electrons. The van der Waals surface area contributed by atoms with E-state index in [4.69, 9.17) is 0 Å². The van der Waals surface area contributed by atoms with Gasteiger partial charge in [-0.25, -0.2) is 4.79 Å². The Labute approximate surface area is 173 Å². The van der Waals surface area contributed by atoms with Crippen molar-refractivity contribution in [2.75, 3.05) is 0 Å². The van der Waals surface area contributed by atoms with E-state index in [1.165, 1.54) is 22.2 Å². The molecule has 8 heteroatoms. The zero-order valence-electron chi connectivity index (χ0n) is 15.8. The number of rotatable bonds is 3. The second kappa shape index (κ2) is 6.57. The molecule has 1 N–H and O–H groups in total. The number of nitrogens with zero attached hydrogens (tertiary/aromatic N) is 3. The molecular formula is C22H15N3O4S. The summed E-state index contributed by atoms with van der Waals surface area (Å²) in [5.74, 6) is -1.10. The molecule has 30 heavy (non-hydrogen) atoms. The molecule has 5 rings (SSSR count). The van der Waals surface area contributed by atoms with Crippen LogP contribution in [0.2, 0.25) is 0 Å². The lowest BCUT2D eigenvalue weighted by Crippen LogP contribution is -2.39. The maximum atomic E-state index is 12.9. The Morgan fingerprint density at radius 2 is 1.67 bits per heavy atom. The molecule has 5 aromatic rings. The van der Waals surface area contributed by atoms with Crippen molar-refractivity contribution >= 4 is 38.6 Å². The molecule has 148 valence electrons. The summed E-state index contributed by atoms with van der Waals surface area (Å²) in [5, 5.41) is 10.4. The molecule has 0 saturated carbocycles. The zero-order valence-corrected chi connectivity index (χ0v) is 16.6. The van der Waals surface area contributed by atoms with Gasteiger partial charge >= 0.3 is 17.1 Å². The summed E-state index contributed by atoms with van der Waals surface area (Å²) in [6.45, 7) is 0. The molecule has 3 aromatic heterocycles. The first-order valence-corrected chi connectivity index (χ1v) is 9.93. The second-order valence-corrected chi connectivity index (χ2v) is 7.91. The van der Waals surface area contributed by atoms with Crippen LogP contribution in [0.3, 0.4) is 0 Å². The largest absolute Gasteiger partial charge is 0.477 e. The minimum absolute atomic E-state index is 0.0630. The van der Waals surface area contributed by atoms with E-state index < -0.39 is 17.1 Å². The standard InChI is InChI=1S/C22H15N3O4S/c1-23-19(26)20(27)25(17-12-18(22(28)29)30-21(17)23)15-8-7-13-9-10-24(16(13)11-15)14-5-3-2-4-6-14/h2-12H,1H3,(H,28,29). The molecule has 2 aromatic carbocycles. The van der Waals surface area contributed by atoms with Gasteiger partial charge < -0.3 is 9.67 Å². The van der Waals surface area contributed by atoms with Crippen molar-refractivity contribution in [1.29, 1.82) is 0 Å². The van der Waals surface area contributed by atoms with E-state index in [1.807, 2.05) is 59.3 Å². The lowest BCUT2D eigenvalue weighted by atomic mass is 10.2. The monoisotopic (exact) mass is 417 g/mol. The van der Waals surface area contributed by atoms with Crippen LogP contribution in [0.25, 0.3) is 32.6 Å². The maximum absolute atomic E-state index is 12.9. The number of benzene rings is 2. The number of thiophene rings is 1. The first-order valence-electron chi connectivity index (χ1n) is 9.11. The zero-order chi connectivity index (χ0) is 21.0. The number of aromatic carboxylic acids is 1. The molecule has 0 bridgehead atoms. The van der Waals surface area contributed by atoms with Crippen molar-refractivity contribution in [3.8, 4) is 11.4 Å². The van der Waals surface area contributed by atoms with Crippen LogP contribution in [0.4, 0.5) is 0 Å². The quantitative estimate of drug-likeness (QED) is 0.456. The van der Waals surface area contributed by atoms with Crippen LogP contribution in [0, 0.1) is 0 Å². The van der Waals surface area contributed by atoms with Crippen molar-refractivity contribution in [3.05, 3.63) is 92.4 Å². The molecule has 0 atom stereocenters. The van der Waals surface area contributed by atoms with Gasteiger partial charge in [0.25, 0.3) is 0 Å². The number of hydrogen-bond acceptors (Lipinski definition) is 4. The number of hydrogen-bond donors (Lipinski definition) is 1. The highest BCUT2D eigenvalue weighted by atomic mass is 32.1. The van der Waals surface area contributed by atoms with Gasteiger partial charge in [0.1, 0.15) is 9.71 Å². The molecule has 0 aliphatic rings. The Morgan fingerprint density at radius 3 is 2.40 bits per heavy atom. The Balaban J connectivity index is 1.83. The average molecular weight is 417 g/mol. The normalized spacial score (nSPS) is 11.4. The number of fused-ring (bicyclic) bond motifs is 2. The van der Waals surface area contributed by atoms with Crippen molar-refractivity contribution in [1.82, 2.24) is 13.7 Å². The lowest BCUT2D eigenvalue weighted by molar-refractivity contribution is 0.0702. The number of aryl methyl sites for hydroxylation is 1. The van der Waals surface area contributed by atoms with E-state index in [2.05, 4.69) is 0 Å². The van der Waals surface area contributed by atoms with Crippen LogP contribution < -0.4 is 11.1 Å². The minimum Gasteiger partial charge on any atom is -0.477 e. The Kier molecular flexibility index (Phi) is 3.97. The number of carboxylic acid groups (broad SMARTS) is 1. The highest BCUT2D eigenvalue weighted by Gasteiger charge is 2.19. The van der Waals surface area contributed by atoms with E-state index in [0.29, 0.717) is 16.0 Å². The minimum atomic E-state index is -1.10. The predicted molar refractivity (Wildman–Crippen MR) is 116 cm³/mol. The summed E-state index contributed by atoms with van der Waals surface area (Å²) in [7, 11) is 1.47. The summed E-state index contributed by atoms with van der Waals surface area (Å²) in [4.78, 5) is 37.4. The average Bonchev–Trinajstić information content (AvgIpc) is 3.37. The first kappa shape index (κ1) is 18.1. The SMILES string of the molecule is Cn1c(=O)c(=O)n(-c2ccc3ccn(-c4ccccc4)c3c2)c2cc(C(=O)O)sc21. The Morgan fingerprint density at radius 1 is 0.900 bits per heavy atom. The van der Waals surface area contributed by atoms with Crippen LogP contribution in [0.15, 0.2) is 76.4 Å². The first-order chi connectivity index (χ1) is 14.5. The van der Waals surface area contributed by atoms with Crippen molar-refractivity contribution in [3.63, 3.8) is 0 Å². The van der Waals surface area contributed by atoms with Crippen LogP contribution in [-0.4, -0.2) is 24.8 Å². The van der Waals surface area contributed by atoms with E-state index >= 15 is 0 Å². The molecule has 0 amide bonds. The van der Waals surface area contributed by atoms with Gasteiger partial charge in [-0.15, -0.1) is 11.3 Å². The number of para-hydroxylation sites is 1. The van der Waals surface area contributed by atoms with Crippen LogP contribution in [0.5, 0.6) is 0 Å². The van der Waals surface area contributed by atoms with Gasteiger partial charge in [-0.3, -0.25) is 18.7 Å². The number of aromatic nitrogens is 3. The summed E-state index contributed by atoms with van der Waals surface area (Å²) < 4.78 is 4.50. The molecule has 7 nitrogen and oxygen atoms in total.